The second-order valence-corrected chi connectivity index (χ2v) is 12.2. The Morgan fingerprint density at radius 3 is 2.41 bits per heavy atom. The van der Waals surface area contributed by atoms with Crippen LogP contribution in [0.3, 0.4) is 0 Å². The molecule has 12 heteroatoms. The number of nitrogens with zero attached hydrogens (tertiary/aromatic N) is 4. The van der Waals surface area contributed by atoms with Crippen LogP contribution in [0.15, 0.2) is 105 Å². The largest absolute Gasteiger partial charge is 0.493 e. The first-order valence-electron chi connectivity index (χ1n) is 14.1. The Hall–Kier alpha value is -5.07. The standard InChI is InChI=1S/C34H27BrN4O6S/c1-19-29(33(42)44-4)31(22-12-15-26(45-20(2)40)27(16-22)43-3)39-32(41)28(46-34(39)36-19)17-23-18-38(25-8-6-5-7-9-25)37-30(23)21-10-13-24(35)14-11-21/h5-18,31H,1-4H3/b28-17+/t31-/m1/s1. The van der Waals surface area contributed by atoms with Crippen LogP contribution in [-0.4, -0.2) is 40.5 Å². The van der Waals surface area contributed by atoms with E-state index in [9.17, 15) is 14.4 Å². The molecule has 3 heterocycles. The molecule has 0 unspecified atom stereocenters. The minimum absolute atomic E-state index is 0.205. The summed E-state index contributed by atoms with van der Waals surface area (Å²) < 4.78 is 20.5. The predicted octanol–water partition coefficient (Wildman–Crippen LogP) is 4.96. The van der Waals surface area contributed by atoms with Gasteiger partial charge in [0.1, 0.15) is 0 Å². The molecule has 3 aromatic carbocycles. The molecule has 1 aliphatic heterocycles. The van der Waals surface area contributed by atoms with Gasteiger partial charge in [-0.25, -0.2) is 14.5 Å². The zero-order valence-electron chi connectivity index (χ0n) is 25.2. The molecule has 1 aliphatic rings. The number of thiazole rings is 1. The van der Waals surface area contributed by atoms with Gasteiger partial charge in [-0.3, -0.25) is 14.2 Å². The third-order valence-corrected chi connectivity index (χ3v) is 8.86. The van der Waals surface area contributed by atoms with E-state index in [1.807, 2.05) is 60.8 Å². The first-order chi connectivity index (χ1) is 22.2. The Morgan fingerprint density at radius 2 is 1.74 bits per heavy atom. The van der Waals surface area contributed by atoms with Crippen molar-refractivity contribution in [1.29, 1.82) is 0 Å². The van der Waals surface area contributed by atoms with Gasteiger partial charge in [-0.2, -0.15) is 5.10 Å². The van der Waals surface area contributed by atoms with Crippen molar-refractivity contribution in [2.45, 2.75) is 19.9 Å². The number of fused-ring (bicyclic) bond motifs is 1. The van der Waals surface area contributed by atoms with Crippen molar-refractivity contribution in [1.82, 2.24) is 14.3 Å². The van der Waals surface area contributed by atoms with Gasteiger partial charge < -0.3 is 14.2 Å². The second-order valence-electron chi connectivity index (χ2n) is 10.3. The number of ether oxygens (including phenoxy) is 3. The van der Waals surface area contributed by atoms with Crippen LogP contribution < -0.4 is 24.4 Å². The summed E-state index contributed by atoms with van der Waals surface area (Å²) in [7, 11) is 2.72. The van der Waals surface area contributed by atoms with Crippen LogP contribution in [0.25, 0.3) is 23.0 Å². The highest BCUT2D eigenvalue weighted by Gasteiger charge is 2.34. The van der Waals surface area contributed by atoms with Crippen molar-refractivity contribution >= 4 is 45.3 Å². The van der Waals surface area contributed by atoms with Crippen LogP contribution in [0.2, 0.25) is 0 Å². The molecule has 0 N–H and O–H groups in total. The molecular formula is C34H27BrN4O6S. The van der Waals surface area contributed by atoms with Gasteiger partial charge in [0, 0.05) is 28.7 Å². The molecule has 232 valence electrons. The zero-order valence-corrected chi connectivity index (χ0v) is 27.6. The maximum atomic E-state index is 14.3. The molecule has 5 aromatic rings. The van der Waals surface area contributed by atoms with Crippen molar-refractivity contribution in [3.8, 4) is 28.4 Å². The average Bonchev–Trinajstić information content (AvgIpc) is 3.61. The number of halogens is 1. The van der Waals surface area contributed by atoms with E-state index in [1.165, 1.54) is 37.0 Å². The van der Waals surface area contributed by atoms with E-state index in [1.54, 1.807) is 35.9 Å². The molecule has 10 nitrogen and oxygen atoms in total. The van der Waals surface area contributed by atoms with Crippen LogP contribution in [0.1, 0.15) is 31.0 Å². The highest BCUT2D eigenvalue weighted by molar-refractivity contribution is 9.10. The molecule has 0 amide bonds. The first-order valence-corrected chi connectivity index (χ1v) is 15.7. The summed E-state index contributed by atoms with van der Waals surface area (Å²) in [5, 5.41) is 4.88. The van der Waals surface area contributed by atoms with Crippen molar-refractivity contribution in [2.24, 2.45) is 4.99 Å². The summed E-state index contributed by atoms with van der Waals surface area (Å²) >= 11 is 4.70. The number of allylic oxidation sites excluding steroid dienone is 1. The third-order valence-electron chi connectivity index (χ3n) is 7.35. The highest BCUT2D eigenvalue weighted by Crippen LogP contribution is 2.36. The number of aromatic nitrogens is 3. The second kappa shape index (κ2) is 12.7. The lowest BCUT2D eigenvalue weighted by Gasteiger charge is -2.25. The lowest BCUT2D eigenvalue weighted by atomic mass is 9.95. The lowest BCUT2D eigenvalue weighted by molar-refractivity contribution is -0.136. The van der Waals surface area contributed by atoms with E-state index in [-0.39, 0.29) is 22.6 Å². The van der Waals surface area contributed by atoms with Gasteiger partial charge in [0.2, 0.25) is 0 Å². The van der Waals surface area contributed by atoms with E-state index in [2.05, 4.69) is 20.9 Å². The van der Waals surface area contributed by atoms with Gasteiger partial charge in [0.05, 0.1) is 47.4 Å². The van der Waals surface area contributed by atoms with Gasteiger partial charge in [0.25, 0.3) is 5.56 Å². The fraction of sp³-hybridized carbons (Fsp3) is 0.147. The molecular weight excluding hydrogens is 672 g/mol. The summed E-state index contributed by atoms with van der Waals surface area (Å²) in [6, 6.07) is 21.5. The molecule has 0 bridgehead atoms. The minimum atomic E-state index is -0.885. The van der Waals surface area contributed by atoms with Gasteiger partial charge in [0.15, 0.2) is 16.3 Å². The Labute approximate surface area is 275 Å². The van der Waals surface area contributed by atoms with E-state index in [0.29, 0.717) is 26.3 Å². The number of methoxy groups -OCH3 is 2. The Balaban J connectivity index is 1.56. The quantitative estimate of drug-likeness (QED) is 0.174. The third kappa shape index (κ3) is 5.84. The molecule has 0 spiro atoms. The summed E-state index contributed by atoms with van der Waals surface area (Å²) in [5.41, 5.74) is 3.98. The monoisotopic (exact) mass is 698 g/mol. The highest BCUT2D eigenvalue weighted by atomic mass is 79.9. The van der Waals surface area contributed by atoms with Crippen LogP contribution in [0.5, 0.6) is 11.5 Å². The molecule has 6 rings (SSSR count). The van der Waals surface area contributed by atoms with E-state index < -0.39 is 18.0 Å². The molecule has 0 radical (unpaired) electrons. The average molecular weight is 700 g/mol. The first kappa shape index (κ1) is 30.9. The SMILES string of the molecule is COC(=O)C1=C(C)N=c2s/c(=C/c3cn(-c4ccccc4)nc3-c3ccc(Br)cc3)c(=O)n2[C@@H]1c1ccc(OC(C)=O)c(OC)c1. The zero-order chi connectivity index (χ0) is 32.5. The van der Waals surface area contributed by atoms with E-state index >= 15 is 0 Å². The molecule has 2 aromatic heterocycles. The van der Waals surface area contributed by atoms with Crippen LogP contribution in [-0.2, 0) is 14.3 Å². The van der Waals surface area contributed by atoms with Crippen molar-refractivity contribution in [3.05, 3.63) is 126 Å². The number of hydrogen-bond donors (Lipinski definition) is 0. The molecule has 0 saturated heterocycles. The summed E-state index contributed by atoms with van der Waals surface area (Å²) in [4.78, 5) is 44.1. The van der Waals surface area contributed by atoms with Gasteiger partial charge in [-0.15, -0.1) is 0 Å². The minimum Gasteiger partial charge on any atom is -0.493 e. The van der Waals surface area contributed by atoms with Crippen LogP contribution >= 0.6 is 27.3 Å². The van der Waals surface area contributed by atoms with Crippen LogP contribution in [0.4, 0.5) is 0 Å². The normalized spacial score (nSPS) is 14.5. The predicted molar refractivity (Wildman–Crippen MR) is 177 cm³/mol. The molecule has 0 fully saturated rings. The number of carbonyl (C=O) groups is 2. The Kier molecular flexibility index (Phi) is 8.57. The van der Waals surface area contributed by atoms with E-state index in [4.69, 9.17) is 19.3 Å². The van der Waals surface area contributed by atoms with Gasteiger partial charge in [-0.1, -0.05) is 63.7 Å². The van der Waals surface area contributed by atoms with E-state index in [0.717, 1.165) is 21.3 Å². The molecule has 1 atom stereocenters. The fourth-order valence-electron chi connectivity index (χ4n) is 5.28. The van der Waals surface area contributed by atoms with Crippen molar-refractivity contribution < 1.29 is 23.8 Å². The summed E-state index contributed by atoms with van der Waals surface area (Å²) in [6.45, 7) is 2.99. The summed E-state index contributed by atoms with van der Waals surface area (Å²) in [6.07, 6.45) is 3.68. The Bertz CT molecular complexity index is 2200. The number of carbonyl (C=O) groups excluding carboxylic acids is 2. The topological polar surface area (TPSA) is 114 Å². The van der Waals surface area contributed by atoms with Crippen molar-refractivity contribution in [3.63, 3.8) is 0 Å². The number of hydrogen-bond acceptors (Lipinski definition) is 9. The fourth-order valence-corrected chi connectivity index (χ4v) is 6.58. The molecule has 46 heavy (non-hydrogen) atoms. The van der Waals surface area contributed by atoms with Gasteiger partial charge in [-0.05, 0) is 55.0 Å². The van der Waals surface area contributed by atoms with Crippen LogP contribution in [0, 0.1) is 0 Å². The summed E-state index contributed by atoms with van der Waals surface area (Å²) in [5.74, 6) is -0.656. The lowest BCUT2D eigenvalue weighted by Crippen LogP contribution is -2.39. The maximum Gasteiger partial charge on any atom is 0.338 e. The maximum absolute atomic E-state index is 14.3. The Morgan fingerprint density at radius 1 is 1.00 bits per heavy atom. The number of esters is 2. The number of para-hydroxylation sites is 1. The number of rotatable bonds is 7. The smallest absolute Gasteiger partial charge is 0.338 e. The van der Waals surface area contributed by atoms with Crippen molar-refractivity contribution in [2.75, 3.05) is 14.2 Å². The molecule has 0 aliphatic carbocycles. The van der Waals surface area contributed by atoms with Gasteiger partial charge >= 0.3 is 11.9 Å². The molecule has 0 saturated carbocycles. The number of benzene rings is 3.